The van der Waals surface area contributed by atoms with Crippen LogP contribution in [0, 0.1) is 6.92 Å². The Kier molecular flexibility index (Phi) is 3.18. The van der Waals surface area contributed by atoms with Gasteiger partial charge in [0.15, 0.2) is 0 Å². The second-order valence-electron chi connectivity index (χ2n) is 4.28. The molecule has 0 amide bonds. The summed E-state index contributed by atoms with van der Waals surface area (Å²) in [5.74, 6) is 5.73. The molecule has 1 aromatic carbocycles. The van der Waals surface area contributed by atoms with Crippen LogP contribution in [-0.4, -0.2) is 0 Å². The lowest BCUT2D eigenvalue weighted by atomic mass is 10.1. The van der Waals surface area contributed by atoms with Crippen LogP contribution in [0.5, 0.6) is 0 Å². The molecule has 0 saturated heterocycles. The van der Waals surface area contributed by atoms with E-state index in [2.05, 4.69) is 54.1 Å². The van der Waals surface area contributed by atoms with E-state index >= 15 is 0 Å². The topological polar surface area (TPSA) is 38.0 Å². The number of fused-ring (bicyclic) bond motifs is 1. The number of hydrogen-bond acceptors (Lipinski definition) is 4. The summed E-state index contributed by atoms with van der Waals surface area (Å²) in [5, 5.41) is 3.45. The van der Waals surface area contributed by atoms with Gasteiger partial charge in [-0.25, -0.2) is 5.43 Å². The van der Waals surface area contributed by atoms with E-state index in [1.54, 1.807) is 22.7 Å². The van der Waals surface area contributed by atoms with Crippen LogP contribution < -0.4 is 11.3 Å². The molecule has 1 unspecified atom stereocenters. The Morgan fingerprint density at radius 3 is 2.72 bits per heavy atom. The van der Waals surface area contributed by atoms with Gasteiger partial charge in [-0.3, -0.25) is 5.84 Å². The van der Waals surface area contributed by atoms with E-state index in [1.807, 2.05) is 0 Å². The predicted molar refractivity (Wildman–Crippen MR) is 80.0 cm³/mol. The summed E-state index contributed by atoms with van der Waals surface area (Å²) in [6.07, 6.45) is 0. The van der Waals surface area contributed by atoms with Gasteiger partial charge in [0.25, 0.3) is 0 Å². The van der Waals surface area contributed by atoms with E-state index in [0.29, 0.717) is 0 Å². The number of hydrazine groups is 1. The first kappa shape index (κ1) is 11.9. The fraction of sp³-hybridized carbons (Fsp3) is 0.143. The Morgan fingerprint density at radius 2 is 2.06 bits per heavy atom. The quantitative estimate of drug-likeness (QED) is 0.563. The molecule has 0 aliphatic heterocycles. The van der Waals surface area contributed by atoms with Gasteiger partial charge in [0.2, 0.25) is 0 Å². The van der Waals surface area contributed by atoms with E-state index in [1.165, 1.54) is 25.4 Å². The summed E-state index contributed by atoms with van der Waals surface area (Å²) < 4.78 is 1.31. The molecule has 3 aromatic rings. The van der Waals surface area contributed by atoms with Crippen molar-refractivity contribution in [1.29, 1.82) is 0 Å². The largest absolute Gasteiger partial charge is 0.271 e. The van der Waals surface area contributed by atoms with Gasteiger partial charge in [-0.15, -0.1) is 22.7 Å². The number of benzene rings is 1. The van der Waals surface area contributed by atoms with Gasteiger partial charge < -0.3 is 0 Å². The van der Waals surface area contributed by atoms with Crippen LogP contribution in [0.3, 0.4) is 0 Å². The van der Waals surface area contributed by atoms with Crippen LogP contribution in [0.25, 0.3) is 10.1 Å². The van der Waals surface area contributed by atoms with Crippen LogP contribution >= 0.6 is 22.7 Å². The van der Waals surface area contributed by atoms with Crippen molar-refractivity contribution < 1.29 is 0 Å². The lowest BCUT2D eigenvalue weighted by molar-refractivity contribution is 0.648. The van der Waals surface area contributed by atoms with Crippen molar-refractivity contribution >= 4 is 32.8 Å². The van der Waals surface area contributed by atoms with Crippen molar-refractivity contribution in [2.24, 2.45) is 5.84 Å². The maximum Gasteiger partial charge on any atom is 0.0811 e. The zero-order chi connectivity index (χ0) is 12.5. The van der Waals surface area contributed by atoms with Gasteiger partial charge in [-0.1, -0.05) is 18.2 Å². The summed E-state index contributed by atoms with van der Waals surface area (Å²) in [7, 11) is 0. The fourth-order valence-corrected chi connectivity index (χ4v) is 3.99. The molecule has 0 radical (unpaired) electrons. The Balaban J connectivity index is 2.05. The highest BCUT2D eigenvalue weighted by Crippen LogP contribution is 2.34. The second kappa shape index (κ2) is 4.82. The molecule has 0 fully saturated rings. The second-order valence-corrected chi connectivity index (χ2v) is 6.51. The molecule has 0 aliphatic carbocycles. The van der Waals surface area contributed by atoms with Gasteiger partial charge in [0, 0.05) is 14.5 Å². The lowest BCUT2D eigenvalue weighted by Crippen LogP contribution is -2.27. The van der Waals surface area contributed by atoms with Crippen molar-refractivity contribution in [1.82, 2.24) is 5.43 Å². The highest BCUT2D eigenvalue weighted by Gasteiger charge is 2.16. The van der Waals surface area contributed by atoms with E-state index in [0.717, 1.165) is 0 Å². The number of rotatable bonds is 3. The molecule has 92 valence electrons. The molecule has 18 heavy (non-hydrogen) atoms. The Hall–Kier alpha value is -1.20. The van der Waals surface area contributed by atoms with Gasteiger partial charge in [-0.05, 0) is 41.5 Å². The highest BCUT2D eigenvalue weighted by atomic mass is 32.1. The number of hydrogen-bond donors (Lipinski definition) is 2. The molecular weight excluding hydrogens is 260 g/mol. The van der Waals surface area contributed by atoms with Crippen LogP contribution in [0.15, 0.2) is 41.8 Å². The minimum atomic E-state index is 0.0901. The number of aryl methyl sites for hydroxylation is 1. The lowest BCUT2D eigenvalue weighted by Gasteiger charge is -2.12. The smallest absolute Gasteiger partial charge is 0.0811 e. The zero-order valence-corrected chi connectivity index (χ0v) is 11.6. The molecule has 0 saturated carbocycles. The number of nitrogens with two attached hydrogens (primary N) is 1. The fourth-order valence-electron chi connectivity index (χ4n) is 2.10. The Bertz CT molecular complexity index is 636. The first-order valence-corrected chi connectivity index (χ1v) is 7.47. The summed E-state index contributed by atoms with van der Waals surface area (Å²) in [6.45, 7) is 2.12. The normalized spacial score (nSPS) is 13.0. The Morgan fingerprint density at radius 1 is 1.22 bits per heavy atom. The molecule has 2 aromatic heterocycles. The average Bonchev–Trinajstić information content (AvgIpc) is 2.96. The first-order chi connectivity index (χ1) is 8.78. The standard InChI is InChI=1S/C14H14N2S2/c1-9-6-11(8-17-9)14(16-15)13-7-10-4-2-3-5-12(10)18-13/h2-8,14,16H,15H2,1H3. The van der Waals surface area contributed by atoms with Crippen molar-refractivity contribution in [2.45, 2.75) is 13.0 Å². The van der Waals surface area contributed by atoms with Crippen LogP contribution in [0.4, 0.5) is 0 Å². The van der Waals surface area contributed by atoms with Crippen LogP contribution in [0.2, 0.25) is 0 Å². The number of nitrogens with one attached hydrogen (secondary N) is 1. The molecule has 2 heterocycles. The van der Waals surface area contributed by atoms with Gasteiger partial charge in [0.1, 0.15) is 0 Å². The SMILES string of the molecule is Cc1cc(C(NN)c2cc3ccccc3s2)cs1. The third kappa shape index (κ3) is 2.08. The van der Waals surface area contributed by atoms with E-state index in [4.69, 9.17) is 5.84 Å². The van der Waals surface area contributed by atoms with Crippen LogP contribution in [0.1, 0.15) is 21.4 Å². The molecule has 0 aliphatic rings. The molecule has 0 bridgehead atoms. The summed E-state index contributed by atoms with van der Waals surface area (Å²) in [5.41, 5.74) is 4.17. The van der Waals surface area contributed by atoms with Gasteiger partial charge in [-0.2, -0.15) is 0 Å². The third-order valence-electron chi connectivity index (χ3n) is 2.98. The van der Waals surface area contributed by atoms with E-state index < -0.39 is 0 Å². The van der Waals surface area contributed by atoms with Crippen molar-refractivity contribution in [3.05, 3.63) is 57.1 Å². The molecule has 4 heteroatoms. The molecule has 3 rings (SSSR count). The summed E-state index contributed by atoms with van der Waals surface area (Å²) in [4.78, 5) is 2.57. The molecule has 2 nitrogen and oxygen atoms in total. The van der Waals surface area contributed by atoms with E-state index in [9.17, 15) is 0 Å². The number of thiophene rings is 2. The summed E-state index contributed by atoms with van der Waals surface area (Å²) >= 11 is 3.55. The van der Waals surface area contributed by atoms with Crippen molar-refractivity contribution in [3.63, 3.8) is 0 Å². The van der Waals surface area contributed by atoms with Crippen molar-refractivity contribution in [2.75, 3.05) is 0 Å². The van der Waals surface area contributed by atoms with Crippen molar-refractivity contribution in [3.8, 4) is 0 Å². The van der Waals surface area contributed by atoms with E-state index in [-0.39, 0.29) is 6.04 Å². The maximum absolute atomic E-state index is 5.73. The van der Waals surface area contributed by atoms with Gasteiger partial charge >= 0.3 is 0 Å². The first-order valence-electron chi connectivity index (χ1n) is 5.77. The third-order valence-corrected chi connectivity index (χ3v) is 5.04. The van der Waals surface area contributed by atoms with Crippen LogP contribution in [-0.2, 0) is 0 Å². The molecular formula is C14H14N2S2. The molecule has 3 N–H and O–H groups in total. The minimum absolute atomic E-state index is 0.0901. The predicted octanol–water partition coefficient (Wildman–Crippen LogP) is 3.82. The zero-order valence-electron chi connectivity index (χ0n) is 10.0. The molecule has 1 atom stereocenters. The minimum Gasteiger partial charge on any atom is -0.271 e. The monoisotopic (exact) mass is 274 g/mol. The summed E-state index contributed by atoms with van der Waals surface area (Å²) in [6, 6.07) is 12.9. The Labute approximate surface area is 114 Å². The molecule has 0 spiro atoms. The average molecular weight is 274 g/mol. The highest BCUT2D eigenvalue weighted by molar-refractivity contribution is 7.19. The maximum atomic E-state index is 5.73. The van der Waals surface area contributed by atoms with Gasteiger partial charge in [0.05, 0.1) is 6.04 Å².